The molecule has 0 atom stereocenters. The zero-order valence-electron chi connectivity index (χ0n) is 10.4. The summed E-state index contributed by atoms with van der Waals surface area (Å²) in [6.07, 6.45) is 4.99. The maximum atomic E-state index is 4.16. The SMILES string of the molecule is Cc1nnc(CN(C)CCc2cnn(C)c2)s1. The zero-order chi connectivity index (χ0) is 12.3. The summed E-state index contributed by atoms with van der Waals surface area (Å²) in [6.45, 7) is 3.85. The molecular formula is C11H17N5S. The Balaban J connectivity index is 1.79. The van der Waals surface area contributed by atoms with E-state index in [0.717, 1.165) is 29.5 Å². The number of aromatic nitrogens is 4. The van der Waals surface area contributed by atoms with E-state index in [1.807, 2.05) is 24.9 Å². The Bertz CT molecular complexity index is 476. The third-order valence-electron chi connectivity index (χ3n) is 2.51. The predicted molar refractivity (Wildman–Crippen MR) is 67.9 cm³/mol. The molecule has 6 heteroatoms. The van der Waals surface area contributed by atoms with Crippen LogP contribution in [-0.2, 0) is 20.0 Å². The Hall–Kier alpha value is -1.27. The average Bonchev–Trinajstić information content (AvgIpc) is 2.85. The maximum absolute atomic E-state index is 4.16. The van der Waals surface area contributed by atoms with E-state index in [1.165, 1.54) is 5.56 Å². The first-order valence-corrected chi connectivity index (χ1v) is 6.40. The summed E-state index contributed by atoms with van der Waals surface area (Å²) in [6, 6.07) is 0. The number of hydrogen-bond donors (Lipinski definition) is 0. The van der Waals surface area contributed by atoms with Crippen LogP contribution in [-0.4, -0.2) is 38.5 Å². The molecule has 0 saturated carbocycles. The van der Waals surface area contributed by atoms with Crippen LogP contribution >= 0.6 is 11.3 Å². The van der Waals surface area contributed by atoms with Gasteiger partial charge in [-0.05, 0) is 26.0 Å². The first kappa shape index (κ1) is 12.2. The van der Waals surface area contributed by atoms with Gasteiger partial charge in [0, 0.05) is 19.8 Å². The van der Waals surface area contributed by atoms with E-state index < -0.39 is 0 Å². The van der Waals surface area contributed by atoms with Crippen LogP contribution in [0.25, 0.3) is 0 Å². The van der Waals surface area contributed by atoms with E-state index in [4.69, 9.17) is 0 Å². The number of nitrogens with zero attached hydrogens (tertiary/aromatic N) is 5. The minimum absolute atomic E-state index is 0.867. The number of aryl methyl sites for hydroxylation is 2. The Kier molecular flexibility index (Phi) is 3.86. The van der Waals surface area contributed by atoms with Crippen LogP contribution in [0.4, 0.5) is 0 Å². The molecule has 0 radical (unpaired) electrons. The lowest BCUT2D eigenvalue weighted by Gasteiger charge is -2.13. The molecule has 17 heavy (non-hydrogen) atoms. The van der Waals surface area contributed by atoms with E-state index >= 15 is 0 Å². The van der Waals surface area contributed by atoms with E-state index in [-0.39, 0.29) is 0 Å². The van der Waals surface area contributed by atoms with Gasteiger partial charge in [-0.25, -0.2) is 0 Å². The van der Waals surface area contributed by atoms with Crippen molar-refractivity contribution in [2.75, 3.05) is 13.6 Å². The van der Waals surface area contributed by atoms with Gasteiger partial charge >= 0.3 is 0 Å². The summed E-state index contributed by atoms with van der Waals surface area (Å²) >= 11 is 1.66. The van der Waals surface area contributed by atoms with E-state index in [1.54, 1.807) is 11.3 Å². The second-order valence-corrected chi connectivity index (χ2v) is 5.49. The van der Waals surface area contributed by atoms with Crippen molar-refractivity contribution >= 4 is 11.3 Å². The van der Waals surface area contributed by atoms with Crippen LogP contribution in [0.3, 0.4) is 0 Å². The van der Waals surface area contributed by atoms with Crippen LogP contribution in [0.1, 0.15) is 15.6 Å². The van der Waals surface area contributed by atoms with E-state index in [9.17, 15) is 0 Å². The predicted octanol–water partition coefficient (Wildman–Crippen LogP) is 1.25. The fourth-order valence-corrected chi connectivity index (χ4v) is 2.42. The molecule has 0 amide bonds. The molecule has 0 aliphatic carbocycles. The average molecular weight is 251 g/mol. The molecule has 2 aromatic rings. The summed E-state index contributed by atoms with van der Waals surface area (Å²) in [7, 11) is 4.05. The summed E-state index contributed by atoms with van der Waals surface area (Å²) < 4.78 is 1.84. The molecular weight excluding hydrogens is 234 g/mol. The van der Waals surface area contributed by atoms with Crippen molar-refractivity contribution in [1.82, 2.24) is 24.9 Å². The van der Waals surface area contributed by atoms with Gasteiger partial charge in [-0.3, -0.25) is 9.58 Å². The van der Waals surface area contributed by atoms with Gasteiger partial charge in [0.15, 0.2) is 0 Å². The number of likely N-dealkylation sites (N-methyl/N-ethyl adjacent to an activating group) is 1. The van der Waals surface area contributed by atoms with Crippen molar-refractivity contribution in [2.45, 2.75) is 19.9 Å². The lowest BCUT2D eigenvalue weighted by Crippen LogP contribution is -2.20. The van der Waals surface area contributed by atoms with Gasteiger partial charge in [-0.1, -0.05) is 0 Å². The first-order valence-electron chi connectivity index (χ1n) is 5.58. The van der Waals surface area contributed by atoms with Crippen molar-refractivity contribution in [3.05, 3.63) is 28.0 Å². The monoisotopic (exact) mass is 251 g/mol. The molecule has 0 fully saturated rings. The molecule has 0 aliphatic heterocycles. The fourth-order valence-electron chi connectivity index (χ4n) is 1.63. The molecule has 92 valence electrons. The molecule has 5 nitrogen and oxygen atoms in total. The molecule has 0 unspecified atom stereocenters. The lowest BCUT2D eigenvalue weighted by molar-refractivity contribution is 0.329. The van der Waals surface area contributed by atoms with Gasteiger partial charge in [-0.2, -0.15) is 5.10 Å². The Morgan fingerprint density at radius 1 is 1.41 bits per heavy atom. The van der Waals surface area contributed by atoms with Gasteiger partial charge in [0.1, 0.15) is 10.0 Å². The molecule has 2 heterocycles. The highest BCUT2D eigenvalue weighted by atomic mass is 32.1. The summed E-state index contributed by atoms with van der Waals surface area (Å²) in [4.78, 5) is 2.26. The van der Waals surface area contributed by atoms with Crippen LogP contribution in [0.5, 0.6) is 0 Å². The highest BCUT2D eigenvalue weighted by Gasteiger charge is 2.05. The maximum Gasteiger partial charge on any atom is 0.131 e. The molecule has 0 aromatic carbocycles. The second-order valence-electron chi connectivity index (χ2n) is 4.22. The minimum atomic E-state index is 0.867. The van der Waals surface area contributed by atoms with Crippen molar-refractivity contribution in [3.63, 3.8) is 0 Å². The standard InChI is InChI=1S/C11H17N5S/c1-9-13-14-11(17-9)8-15(2)5-4-10-6-12-16(3)7-10/h6-7H,4-5,8H2,1-3H3. The quantitative estimate of drug-likeness (QED) is 0.802. The van der Waals surface area contributed by atoms with Crippen LogP contribution in [0, 0.1) is 6.92 Å². The Labute approximate surface area is 105 Å². The topological polar surface area (TPSA) is 46.8 Å². The lowest BCUT2D eigenvalue weighted by atomic mass is 10.2. The summed E-state index contributed by atoms with van der Waals surface area (Å²) in [5, 5.41) is 14.4. The normalized spacial score (nSPS) is 11.3. The van der Waals surface area contributed by atoms with Crippen molar-refractivity contribution in [1.29, 1.82) is 0 Å². The fraction of sp³-hybridized carbons (Fsp3) is 0.545. The largest absolute Gasteiger partial charge is 0.299 e. The van der Waals surface area contributed by atoms with Gasteiger partial charge in [0.05, 0.1) is 12.7 Å². The third-order valence-corrected chi connectivity index (χ3v) is 3.34. The summed E-state index contributed by atoms with van der Waals surface area (Å²) in [5.41, 5.74) is 1.27. The van der Waals surface area contributed by atoms with E-state index in [2.05, 4.69) is 33.4 Å². The van der Waals surface area contributed by atoms with Crippen LogP contribution in [0.2, 0.25) is 0 Å². The minimum Gasteiger partial charge on any atom is -0.299 e. The molecule has 0 saturated heterocycles. The molecule has 0 N–H and O–H groups in total. The molecule has 2 rings (SSSR count). The summed E-state index contributed by atoms with van der Waals surface area (Å²) in [5.74, 6) is 0. The van der Waals surface area contributed by atoms with Crippen LogP contribution in [0.15, 0.2) is 12.4 Å². The number of rotatable bonds is 5. The molecule has 0 spiro atoms. The molecule has 0 bridgehead atoms. The number of hydrogen-bond acceptors (Lipinski definition) is 5. The highest BCUT2D eigenvalue weighted by Crippen LogP contribution is 2.10. The Morgan fingerprint density at radius 3 is 2.82 bits per heavy atom. The second kappa shape index (κ2) is 5.37. The third kappa shape index (κ3) is 3.61. The van der Waals surface area contributed by atoms with Gasteiger partial charge in [0.2, 0.25) is 0 Å². The van der Waals surface area contributed by atoms with Crippen LogP contribution < -0.4 is 0 Å². The van der Waals surface area contributed by atoms with Gasteiger partial charge in [0.25, 0.3) is 0 Å². The van der Waals surface area contributed by atoms with Crippen molar-refractivity contribution in [2.24, 2.45) is 7.05 Å². The first-order chi connectivity index (χ1) is 8.13. The molecule has 2 aromatic heterocycles. The van der Waals surface area contributed by atoms with Crippen molar-refractivity contribution in [3.8, 4) is 0 Å². The molecule has 0 aliphatic rings. The zero-order valence-corrected chi connectivity index (χ0v) is 11.2. The Morgan fingerprint density at radius 2 is 2.24 bits per heavy atom. The van der Waals surface area contributed by atoms with E-state index in [0.29, 0.717) is 0 Å². The van der Waals surface area contributed by atoms with Crippen molar-refractivity contribution < 1.29 is 0 Å². The van der Waals surface area contributed by atoms with Gasteiger partial charge < -0.3 is 0 Å². The smallest absolute Gasteiger partial charge is 0.131 e. The highest BCUT2D eigenvalue weighted by molar-refractivity contribution is 7.11. The van der Waals surface area contributed by atoms with Gasteiger partial charge in [-0.15, -0.1) is 21.5 Å².